The Hall–Kier alpha value is -2.30. The fraction of sp³-hybridized carbons (Fsp3) is 0.188. The third-order valence-corrected chi connectivity index (χ3v) is 3.02. The lowest BCUT2D eigenvalue weighted by atomic mass is 9.97. The summed E-state index contributed by atoms with van der Waals surface area (Å²) in [5.74, 6) is -0.383. The number of alkyl halides is 3. The van der Waals surface area contributed by atoms with Crippen molar-refractivity contribution in [3.05, 3.63) is 53.6 Å². The van der Waals surface area contributed by atoms with Gasteiger partial charge in [-0.25, -0.2) is 0 Å². The Morgan fingerprint density at radius 1 is 1.10 bits per heavy atom. The Bertz CT molecular complexity index is 675. The number of benzene rings is 2. The Labute approximate surface area is 120 Å². The standard InChI is InChI=1S/C16H13F3O2/c1-10-6-7-12(11(2)20)9-15(10)13-4-3-5-14(8-13)21-16(17,18)19/h3-9H,1-2H3. The second kappa shape index (κ2) is 5.60. The van der Waals surface area contributed by atoms with Gasteiger partial charge in [0.15, 0.2) is 5.78 Å². The van der Waals surface area contributed by atoms with E-state index in [0.29, 0.717) is 16.7 Å². The van der Waals surface area contributed by atoms with Crippen molar-refractivity contribution in [1.29, 1.82) is 0 Å². The van der Waals surface area contributed by atoms with E-state index >= 15 is 0 Å². The van der Waals surface area contributed by atoms with Gasteiger partial charge in [-0.3, -0.25) is 4.79 Å². The molecule has 0 spiro atoms. The highest BCUT2D eigenvalue weighted by molar-refractivity contribution is 5.95. The molecule has 0 saturated carbocycles. The van der Waals surface area contributed by atoms with Gasteiger partial charge >= 0.3 is 6.36 Å². The van der Waals surface area contributed by atoms with Gasteiger partial charge in [0.05, 0.1) is 0 Å². The molecule has 2 nitrogen and oxygen atoms in total. The van der Waals surface area contributed by atoms with Crippen LogP contribution in [-0.4, -0.2) is 12.1 Å². The molecule has 0 aliphatic rings. The minimum absolute atomic E-state index is 0.0982. The molecule has 110 valence electrons. The molecule has 0 saturated heterocycles. The molecule has 5 heteroatoms. The summed E-state index contributed by atoms with van der Waals surface area (Å²) in [4.78, 5) is 11.4. The zero-order valence-electron chi connectivity index (χ0n) is 11.5. The van der Waals surface area contributed by atoms with Gasteiger partial charge in [0, 0.05) is 5.56 Å². The van der Waals surface area contributed by atoms with Gasteiger partial charge in [-0.2, -0.15) is 0 Å². The summed E-state index contributed by atoms with van der Waals surface area (Å²) in [6.07, 6.45) is -4.73. The lowest BCUT2D eigenvalue weighted by molar-refractivity contribution is -0.274. The van der Waals surface area contributed by atoms with Crippen molar-refractivity contribution in [3.63, 3.8) is 0 Å². The first kappa shape index (κ1) is 15.1. The molecule has 2 rings (SSSR count). The largest absolute Gasteiger partial charge is 0.573 e. The number of rotatable bonds is 3. The summed E-state index contributed by atoms with van der Waals surface area (Å²) in [5.41, 5.74) is 2.65. The maximum atomic E-state index is 12.3. The molecule has 0 unspecified atom stereocenters. The van der Waals surface area contributed by atoms with Crippen molar-refractivity contribution in [3.8, 4) is 16.9 Å². The van der Waals surface area contributed by atoms with Crippen LogP contribution in [0, 0.1) is 6.92 Å². The van der Waals surface area contributed by atoms with E-state index in [1.807, 2.05) is 6.92 Å². The second-order valence-corrected chi connectivity index (χ2v) is 4.66. The highest BCUT2D eigenvalue weighted by Gasteiger charge is 2.31. The molecule has 2 aromatic rings. The predicted molar refractivity (Wildman–Crippen MR) is 73.3 cm³/mol. The third kappa shape index (κ3) is 3.84. The molecule has 0 amide bonds. The van der Waals surface area contributed by atoms with E-state index in [0.717, 1.165) is 5.56 Å². The lowest BCUT2D eigenvalue weighted by Crippen LogP contribution is -2.17. The van der Waals surface area contributed by atoms with Crippen molar-refractivity contribution >= 4 is 5.78 Å². The van der Waals surface area contributed by atoms with Gasteiger partial charge in [-0.1, -0.05) is 24.3 Å². The van der Waals surface area contributed by atoms with Crippen LogP contribution in [0.2, 0.25) is 0 Å². The zero-order chi connectivity index (χ0) is 15.6. The van der Waals surface area contributed by atoms with E-state index in [1.54, 1.807) is 24.3 Å². The normalized spacial score (nSPS) is 11.3. The smallest absolute Gasteiger partial charge is 0.406 e. The Morgan fingerprint density at radius 3 is 2.43 bits per heavy atom. The molecule has 0 fully saturated rings. The molecule has 21 heavy (non-hydrogen) atoms. The Kier molecular flexibility index (Phi) is 4.02. The van der Waals surface area contributed by atoms with Gasteiger partial charge in [0.1, 0.15) is 5.75 Å². The molecule has 2 aromatic carbocycles. The average molecular weight is 294 g/mol. The number of aryl methyl sites for hydroxylation is 1. The number of ketones is 1. The number of ether oxygens (including phenoxy) is 1. The Balaban J connectivity index is 2.45. The second-order valence-electron chi connectivity index (χ2n) is 4.66. The number of carbonyl (C=O) groups is 1. The maximum absolute atomic E-state index is 12.3. The minimum Gasteiger partial charge on any atom is -0.406 e. The molecule has 0 atom stereocenters. The first-order valence-electron chi connectivity index (χ1n) is 6.24. The van der Waals surface area contributed by atoms with E-state index in [2.05, 4.69) is 4.74 Å². The van der Waals surface area contributed by atoms with Crippen molar-refractivity contribution < 1.29 is 22.7 Å². The molecule has 0 aliphatic heterocycles. The van der Waals surface area contributed by atoms with E-state index in [4.69, 9.17) is 0 Å². The third-order valence-electron chi connectivity index (χ3n) is 3.02. The molecular formula is C16H13F3O2. The average Bonchev–Trinajstić information content (AvgIpc) is 2.37. The molecule has 0 bridgehead atoms. The summed E-state index contributed by atoms with van der Waals surface area (Å²) in [7, 11) is 0. The Morgan fingerprint density at radius 2 is 1.81 bits per heavy atom. The minimum atomic E-state index is -4.73. The summed E-state index contributed by atoms with van der Waals surface area (Å²) >= 11 is 0. The number of halogens is 3. The van der Waals surface area contributed by atoms with E-state index in [-0.39, 0.29) is 11.5 Å². The van der Waals surface area contributed by atoms with Gasteiger partial charge < -0.3 is 4.74 Å². The van der Waals surface area contributed by atoms with E-state index in [1.165, 1.54) is 25.1 Å². The van der Waals surface area contributed by atoms with Crippen LogP contribution in [0.5, 0.6) is 5.75 Å². The van der Waals surface area contributed by atoms with Crippen LogP contribution in [0.1, 0.15) is 22.8 Å². The molecular weight excluding hydrogens is 281 g/mol. The van der Waals surface area contributed by atoms with Crippen molar-refractivity contribution in [2.45, 2.75) is 20.2 Å². The van der Waals surface area contributed by atoms with Crippen LogP contribution in [0.4, 0.5) is 13.2 Å². The lowest BCUT2D eigenvalue weighted by Gasteiger charge is -2.12. The fourth-order valence-electron chi connectivity index (χ4n) is 2.01. The molecule has 0 aromatic heterocycles. The molecule has 0 radical (unpaired) electrons. The highest BCUT2D eigenvalue weighted by atomic mass is 19.4. The number of Topliss-reactive ketones (excluding diaryl/α,β-unsaturated/α-hetero) is 1. The highest BCUT2D eigenvalue weighted by Crippen LogP contribution is 2.30. The summed E-state index contributed by atoms with van der Waals surface area (Å²) in [6, 6.07) is 10.8. The van der Waals surface area contributed by atoms with Crippen LogP contribution in [0.25, 0.3) is 11.1 Å². The topological polar surface area (TPSA) is 26.3 Å². The maximum Gasteiger partial charge on any atom is 0.573 e. The molecule has 0 N–H and O–H groups in total. The van der Waals surface area contributed by atoms with Crippen molar-refractivity contribution in [2.24, 2.45) is 0 Å². The molecule has 0 aliphatic carbocycles. The van der Waals surface area contributed by atoms with E-state index in [9.17, 15) is 18.0 Å². The van der Waals surface area contributed by atoms with Gasteiger partial charge in [0.2, 0.25) is 0 Å². The van der Waals surface area contributed by atoms with Crippen LogP contribution >= 0.6 is 0 Å². The van der Waals surface area contributed by atoms with Crippen LogP contribution < -0.4 is 4.74 Å². The predicted octanol–water partition coefficient (Wildman–Crippen LogP) is 4.76. The monoisotopic (exact) mass is 294 g/mol. The van der Waals surface area contributed by atoms with Crippen LogP contribution in [0.15, 0.2) is 42.5 Å². The summed E-state index contributed by atoms with van der Waals surface area (Å²) in [6.45, 7) is 3.27. The van der Waals surface area contributed by atoms with E-state index < -0.39 is 6.36 Å². The number of hydrogen-bond donors (Lipinski definition) is 0. The molecule has 0 heterocycles. The zero-order valence-corrected chi connectivity index (χ0v) is 11.5. The quantitative estimate of drug-likeness (QED) is 0.763. The fourth-order valence-corrected chi connectivity index (χ4v) is 2.01. The van der Waals surface area contributed by atoms with Crippen LogP contribution in [-0.2, 0) is 0 Å². The van der Waals surface area contributed by atoms with Crippen molar-refractivity contribution in [1.82, 2.24) is 0 Å². The van der Waals surface area contributed by atoms with Crippen molar-refractivity contribution in [2.75, 3.05) is 0 Å². The van der Waals surface area contributed by atoms with Gasteiger partial charge in [-0.15, -0.1) is 13.2 Å². The first-order chi connectivity index (χ1) is 9.76. The SMILES string of the molecule is CC(=O)c1ccc(C)c(-c2cccc(OC(F)(F)F)c2)c1. The summed E-state index contributed by atoms with van der Waals surface area (Å²) in [5, 5.41) is 0. The van der Waals surface area contributed by atoms with Gasteiger partial charge in [0.25, 0.3) is 0 Å². The first-order valence-corrected chi connectivity index (χ1v) is 6.24. The number of carbonyl (C=O) groups excluding carboxylic acids is 1. The summed E-state index contributed by atoms with van der Waals surface area (Å²) < 4.78 is 40.7. The number of hydrogen-bond acceptors (Lipinski definition) is 2. The van der Waals surface area contributed by atoms with Gasteiger partial charge in [-0.05, 0) is 48.7 Å². The van der Waals surface area contributed by atoms with Crippen LogP contribution in [0.3, 0.4) is 0 Å².